The third-order valence-electron chi connectivity index (χ3n) is 3.96. The van der Waals surface area contributed by atoms with Gasteiger partial charge in [-0.15, -0.1) is 0 Å². The average molecular weight is 336 g/mol. The summed E-state index contributed by atoms with van der Waals surface area (Å²) in [6, 6.07) is 7.08. The van der Waals surface area contributed by atoms with Crippen molar-refractivity contribution in [3.8, 4) is 0 Å². The molecule has 0 saturated carbocycles. The number of benzene rings is 1. The molecule has 6 nitrogen and oxygen atoms in total. The lowest BCUT2D eigenvalue weighted by Crippen LogP contribution is -2.35. The summed E-state index contributed by atoms with van der Waals surface area (Å²) in [7, 11) is -3.41. The summed E-state index contributed by atoms with van der Waals surface area (Å²) < 4.78 is 35.3. The predicted molar refractivity (Wildman–Crippen MR) is 84.7 cm³/mol. The van der Waals surface area contributed by atoms with Gasteiger partial charge in [-0.3, -0.25) is 4.90 Å². The van der Waals surface area contributed by atoms with Crippen molar-refractivity contribution in [3.05, 3.63) is 47.7 Å². The Bertz CT molecular complexity index is 747. The normalized spacial score (nSPS) is 16.6. The molecule has 0 bridgehead atoms. The van der Waals surface area contributed by atoms with E-state index >= 15 is 0 Å². The van der Waals surface area contributed by atoms with Crippen molar-refractivity contribution < 1.29 is 17.6 Å². The van der Waals surface area contributed by atoms with Gasteiger partial charge < -0.3 is 9.15 Å². The van der Waals surface area contributed by atoms with Crippen LogP contribution in [0.2, 0.25) is 0 Å². The molecule has 1 aliphatic heterocycles. The molecule has 0 atom stereocenters. The van der Waals surface area contributed by atoms with E-state index in [2.05, 4.69) is 9.88 Å². The highest BCUT2D eigenvalue weighted by Crippen LogP contribution is 2.19. The van der Waals surface area contributed by atoms with Gasteiger partial charge in [0.2, 0.25) is 0 Å². The van der Waals surface area contributed by atoms with Crippen molar-refractivity contribution in [2.45, 2.75) is 24.1 Å². The van der Waals surface area contributed by atoms with Crippen molar-refractivity contribution in [1.82, 2.24) is 9.88 Å². The maximum Gasteiger partial charge on any atom is 0.184 e. The molecule has 1 aromatic heterocycles. The maximum atomic E-state index is 12.4. The van der Waals surface area contributed by atoms with Crippen LogP contribution in [0.5, 0.6) is 0 Å². The van der Waals surface area contributed by atoms with Gasteiger partial charge in [-0.25, -0.2) is 13.4 Å². The molecule has 23 heavy (non-hydrogen) atoms. The topological polar surface area (TPSA) is 72.6 Å². The summed E-state index contributed by atoms with van der Waals surface area (Å²) in [4.78, 5) is 6.57. The van der Waals surface area contributed by atoms with Crippen LogP contribution in [0.15, 0.2) is 40.0 Å². The van der Waals surface area contributed by atoms with Crippen LogP contribution in [0.4, 0.5) is 0 Å². The van der Waals surface area contributed by atoms with Crippen molar-refractivity contribution in [1.29, 1.82) is 0 Å². The molecular formula is C16H20N2O4S. The van der Waals surface area contributed by atoms with Crippen LogP contribution in [0.1, 0.15) is 17.0 Å². The van der Waals surface area contributed by atoms with Crippen LogP contribution in [0.3, 0.4) is 0 Å². The van der Waals surface area contributed by atoms with Gasteiger partial charge in [-0.05, 0) is 24.6 Å². The summed E-state index contributed by atoms with van der Waals surface area (Å²) in [5.41, 5.74) is 1.56. The number of nitrogens with zero attached hydrogens (tertiary/aromatic N) is 2. The molecule has 0 amide bonds. The Morgan fingerprint density at radius 2 is 1.87 bits per heavy atom. The zero-order chi connectivity index (χ0) is 16.3. The van der Waals surface area contributed by atoms with Crippen LogP contribution in [0.25, 0.3) is 0 Å². The number of morpholine rings is 1. The van der Waals surface area contributed by atoms with Gasteiger partial charge >= 0.3 is 0 Å². The first-order valence-corrected chi connectivity index (χ1v) is 9.20. The van der Waals surface area contributed by atoms with Crippen molar-refractivity contribution in [3.63, 3.8) is 0 Å². The highest BCUT2D eigenvalue weighted by molar-refractivity contribution is 7.90. The van der Waals surface area contributed by atoms with Crippen LogP contribution >= 0.6 is 0 Å². The fraction of sp³-hybridized carbons (Fsp3) is 0.438. The van der Waals surface area contributed by atoms with Gasteiger partial charge in [0, 0.05) is 19.6 Å². The molecule has 3 rings (SSSR count). The second kappa shape index (κ2) is 6.82. The zero-order valence-electron chi connectivity index (χ0n) is 13.1. The highest BCUT2D eigenvalue weighted by atomic mass is 32.2. The molecule has 0 spiro atoms. The lowest BCUT2D eigenvalue weighted by molar-refractivity contribution is 0.0342. The van der Waals surface area contributed by atoms with E-state index in [1.165, 1.54) is 6.39 Å². The Balaban J connectivity index is 1.69. The number of rotatable bonds is 5. The minimum Gasteiger partial charge on any atom is -0.448 e. The Labute approximate surface area is 136 Å². The standard InChI is InChI=1S/C16H20N2O4S/c1-13-16(17-12-22-13)11-23(19,20)15-4-2-14(3-5-15)10-18-6-8-21-9-7-18/h2-5,12H,6-11H2,1H3. The SMILES string of the molecule is Cc1ocnc1CS(=O)(=O)c1ccc(CN2CCOCC2)cc1. The predicted octanol–water partition coefficient (Wildman–Crippen LogP) is 1.79. The van der Waals surface area contributed by atoms with Gasteiger partial charge in [-0.2, -0.15) is 0 Å². The van der Waals surface area contributed by atoms with E-state index in [0.717, 1.165) is 38.4 Å². The largest absolute Gasteiger partial charge is 0.448 e. The molecule has 124 valence electrons. The summed E-state index contributed by atoms with van der Waals surface area (Å²) in [5.74, 6) is 0.399. The summed E-state index contributed by atoms with van der Waals surface area (Å²) in [6.45, 7) is 5.85. The van der Waals surface area contributed by atoms with Crippen molar-refractivity contribution in [2.24, 2.45) is 0 Å². The minimum atomic E-state index is -3.41. The number of sulfone groups is 1. The number of oxazole rings is 1. The fourth-order valence-electron chi connectivity index (χ4n) is 2.55. The molecule has 1 aliphatic rings. The summed E-state index contributed by atoms with van der Waals surface area (Å²) in [5, 5.41) is 0. The third kappa shape index (κ3) is 3.99. The van der Waals surface area contributed by atoms with E-state index in [9.17, 15) is 8.42 Å². The maximum absolute atomic E-state index is 12.4. The molecule has 1 fully saturated rings. The number of hydrogen-bond donors (Lipinski definition) is 0. The first-order valence-electron chi connectivity index (χ1n) is 7.55. The fourth-order valence-corrected chi connectivity index (χ4v) is 3.91. The van der Waals surface area contributed by atoms with E-state index in [4.69, 9.17) is 9.15 Å². The average Bonchev–Trinajstić information content (AvgIpc) is 2.93. The second-order valence-corrected chi connectivity index (χ2v) is 7.64. The molecule has 2 aromatic rings. The van der Waals surface area contributed by atoms with Gasteiger partial charge in [0.05, 0.1) is 23.8 Å². The second-order valence-electron chi connectivity index (χ2n) is 5.65. The molecule has 1 aromatic carbocycles. The molecule has 2 heterocycles. The van der Waals surface area contributed by atoms with E-state index in [1.807, 2.05) is 12.1 Å². The lowest BCUT2D eigenvalue weighted by atomic mass is 10.2. The van der Waals surface area contributed by atoms with Gasteiger partial charge in [0.1, 0.15) is 11.5 Å². The molecule has 0 N–H and O–H groups in total. The molecule has 0 unspecified atom stereocenters. The van der Waals surface area contributed by atoms with Crippen LogP contribution in [0, 0.1) is 6.92 Å². The first-order chi connectivity index (χ1) is 11.0. The van der Waals surface area contributed by atoms with Gasteiger partial charge in [-0.1, -0.05) is 12.1 Å². The minimum absolute atomic E-state index is 0.141. The molecular weight excluding hydrogens is 316 g/mol. The number of aryl methyl sites for hydroxylation is 1. The summed E-state index contributed by atoms with van der Waals surface area (Å²) in [6.07, 6.45) is 1.27. The number of ether oxygens (including phenoxy) is 1. The highest BCUT2D eigenvalue weighted by Gasteiger charge is 2.19. The smallest absolute Gasteiger partial charge is 0.184 e. The zero-order valence-corrected chi connectivity index (χ0v) is 13.9. The lowest BCUT2D eigenvalue weighted by Gasteiger charge is -2.26. The van der Waals surface area contributed by atoms with E-state index in [-0.39, 0.29) is 5.75 Å². The molecule has 7 heteroatoms. The van der Waals surface area contributed by atoms with Crippen LogP contribution in [-0.2, 0) is 26.9 Å². The van der Waals surface area contributed by atoms with Gasteiger partial charge in [0.15, 0.2) is 16.2 Å². The van der Waals surface area contributed by atoms with Crippen LogP contribution in [-0.4, -0.2) is 44.6 Å². The Morgan fingerprint density at radius 1 is 1.17 bits per heavy atom. The van der Waals surface area contributed by atoms with E-state index in [1.54, 1.807) is 19.1 Å². The van der Waals surface area contributed by atoms with Crippen LogP contribution < -0.4 is 0 Å². The number of aromatic nitrogens is 1. The molecule has 0 aliphatic carbocycles. The first kappa shape index (κ1) is 16.2. The van der Waals surface area contributed by atoms with E-state index in [0.29, 0.717) is 16.3 Å². The van der Waals surface area contributed by atoms with Crippen molar-refractivity contribution in [2.75, 3.05) is 26.3 Å². The molecule has 1 saturated heterocycles. The Hall–Kier alpha value is -1.70. The Morgan fingerprint density at radius 3 is 2.48 bits per heavy atom. The summed E-state index contributed by atoms with van der Waals surface area (Å²) >= 11 is 0. The quantitative estimate of drug-likeness (QED) is 0.829. The third-order valence-corrected chi connectivity index (χ3v) is 5.61. The van der Waals surface area contributed by atoms with Crippen molar-refractivity contribution >= 4 is 9.84 Å². The number of hydrogen-bond acceptors (Lipinski definition) is 6. The molecule has 0 radical (unpaired) electrons. The van der Waals surface area contributed by atoms with E-state index < -0.39 is 9.84 Å². The Kier molecular flexibility index (Phi) is 4.79. The van der Waals surface area contributed by atoms with Gasteiger partial charge in [0.25, 0.3) is 0 Å². The monoisotopic (exact) mass is 336 g/mol.